The summed E-state index contributed by atoms with van der Waals surface area (Å²) in [4.78, 5) is 37.0. The van der Waals surface area contributed by atoms with E-state index in [0.29, 0.717) is 0 Å². The largest absolute Gasteiger partial charge is 0.436 e. The Balaban J connectivity index is 1.94. The van der Waals surface area contributed by atoms with Crippen LogP contribution in [0.25, 0.3) is 0 Å². The van der Waals surface area contributed by atoms with E-state index >= 15 is 0 Å². The minimum absolute atomic E-state index is 0.0111. The van der Waals surface area contributed by atoms with E-state index in [0.717, 1.165) is 16.7 Å². The summed E-state index contributed by atoms with van der Waals surface area (Å²) in [5.74, 6) is -0.985. The van der Waals surface area contributed by atoms with E-state index < -0.39 is 23.6 Å². The van der Waals surface area contributed by atoms with Gasteiger partial charge in [-0.15, -0.1) is 0 Å². The molecule has 0 bridgehead atoms. The van der Waals surface area contributed by atoms with E-state index in [4.69, 9.17) is 15.6 Å². The van der Waals surface area contributed by atoms with E-state index in [1.165, 1.54) is 0 Å². The molecule has 3 rings (SSSR count). The molecule has 182 valence electrons. The fourth-order valence-electron chi connectivity index (χ4n) is 3.99. The van der Waals surface area contributed by atoms with Crippen molar-refractivity contribution < 1.29 is 24.2 Å². The van der Waals surface area contributed by atoms with Crippen molar-refractivity contribution in [1.29, 1.82) is 0 Å². The Labute approximate surface area is 204 Å². The van der Waals surface area contributed by atoms with Crippen molar-refractivity contribution in [3.63, 3.8) is 0 Å². The van der Waals surface area contributed by atoms with Crippen molar-refractivity contribution in [3.05, 3.63) is 108 Å². The van der Waals surface area contributed by atoms with Gasteiger partial charge in [0.1, 0.15) is 5.54 Å². The van der Waals surface area contributed by atoms with Gasteiger partial charge in [-0.05, 0) is 16.7 Å². The molecule has 3 aromatic rings. The van der Waals surface area contributed by atoms with Gasteiger partial charge in [-0.1, -0.05) is 91.0 Å². The molecule has 35 heavy (non-hydrogen) atoms. The van der Waals surface area contributed by atoms with Crippen LogP contribution in [0.2, 0.25) is 0 Å². The number of amides is 3. The number of nitrogens with one attached hydrogen (secondary N) is 2. The van der Waals surface area contributed by atoms with E-state index in [1.807, 2.05) is 91.0 Å². The predicted octanol–water partition coefficient (Wildman–Crippen LogP) is 2.45. The molecule has 0 saturated heterocycles. The van der Waals surface area contributed by atoms with Gasteiger partial charge in [0.25, 0.3) is 5.91 Å². The van der Waals surface area contributed by atoms with Crippen molar-refractivity contribution >= 4 is 17.9 Å². The maximum atomic E-state index is 13.4. The molecule has 0 aliphatic heterocycles. The summed E-state index contributed by atoms with van der Waals surface area (Å²) in [6.45, 7) is -0.286. The molecule has 5 N–H and O–H groups in total. The van der Waals surface area contributed by atoms with Crippen molar-refractivity contribution in [2.45, 2.75) is 24.5 Å². The highest BCUT2D eigenvalue weighted by atomic mass is 16.6. The molecule has 3 aromatic carbocycles. The SMILES string of the molecule is NC(=O)OC(CCC(=O)NC(c1ccccc1)(c1ccccc1)c1ccccc1)C(=O)NCCO. The lowest BCUT2D eigenvalue weighted by Crippen LogP contribution is -2.48. The van der Waals surface area contributed by atoms with Crippen LogP contribution in [0, 0.1) is 0 Å². The van der Waals surface area contributed by atoms with Crippen molar-refractivity contribution in [3.8, 4) is 0 Å². The predicted molar refractivity (Wildman–Crippen MR) is 131 cm³/mol. The molecule has 0 heterocycles. The molecule has 0 radical (unpaired) electrons. The summed E-state index contributed by atoms with van der Waals surface area (Å²) in [6, 6.07) is 28.8. The minimum atomic E-state index is -1.26. The topological polar surface area (TPSA) is 131 Å². The highest BCUT2D eigenvalue weighted by molar-refractivity contribution is 5.85. The number of hydrogen-bond donors (Lipinski definition) is 4. The zero-order valence-corrected chi connectivity index (χ0v) is 19.2. The number of carbonyl (C=O) groups excluding carboxylic acids is 3. The van der Waals surface area contributed by atoms with Crippen LogP contribution in [0.4, 0.5) is 4.79 Å². The number of nitrogens with two attached hydrogens (primary N) is 1. The highest BCUT2D eigenvalue weighted by Gasteiger charge is 2.38. The molecular weight excluding hydrogens is 446 g/mol. The van der Waals surface area contributed by atoms with Crippen LogP contribution in [0.1, 0.15) is 29.5 Å². The van der Waals surface area contributed by atoms with E-state index in [-0.39, 0.29) is 31.9 Å². The summed E-state index contributed by atoms with van der Waals surface area (Å²) < 4.78 is 4.91. The summed E-state index contributed by atoms with van der Waals surface area (Å²) in [7, 11) is 0. The van der Waals surface area contributed by atoms with Gasteiger partial charge in [0.2, 0.25) is 5.91 Å². The number of primary amides is 1. The molecule has 1 unspecified atom stereocenters. The monoisotopic (exact) mass is 475 g/mol. The Morgan fingerprint density at radius 2 is 1.29 bits per heavy atom. The standard InChI is InChI=1S/C27H29N3O5/c28-26(34)35-23(25(33)29-18-19-31)16-17-24(32)30-27(20-10-4-1-5-11-20,21-12-6-2-7-13-21)22-14-8-3-9-15-22/h1-15,23,31H,16-19H2,(H2,28,34)(H,29,33)(H,30,32). The van der Waals surface area contributed by atoms with E-state index in [1.54, 1.807) is 0 Å². The van der Waals surface area contributed by atoms with Gasteiger partial charge < -0.3 is 26.2 Å². The second-order valence-electron chi connectivity index (χ2n) is 7.88. The first-order chi connectivity index (χ1) is 17.0. The third kappa shape index (κ3) is 6.45. The van der Waals surface area contributed by atoms with Crippen molar-refractivity contribution in [2.75, 3.05) is 13.2 Å². The molecule has 0 spiro atoms. The third-order valence-corrected chi connectivity index (χ3v) is 5.54. The molecule has 0 fully saturated rings. The Morgan fingerprint density at radius 1 is 0.829 bits per heavy atom. The Morgan fingerprint density at radius 3 is 1.69 bits per heavy atom. The lowest BCUT2D eigenvalue weighted by atomic mass is 9.77. The minimum Gasteiger partial charge on any atom is -0.436 e. The van der Waals surface area contributed by atoms with Crippen LogP contribution in [0.3, 0.4) is 0 Å². The van der Waals surface area contributed by atoms with E-state index in [2.05, 4.69) is 10.6 Å². The van der Waals surface area contributed by atoms with Gasteiger partial charge in [-0.25, -0.2) is 4.79 Å². The number of benzene rings is 3. The summed E-state index contributed by atoms with van der Waals surface area (Å²) in [6.07, 6.45) is -2.58. The summed E-state index contributed by atoms with van der Waals surface area (Å²) in [5, 5.41) is 14.6. The van der Waals surface area contributed by atoms with Gasteiger partial charge in [0.15, 0.2) is 6.10 Å². The average Bonchev–Trinajstić information content (AvgIpc) is 2.89. The molecule has 1 atom stereocenters. The number of aliphatic hydroxyl groups excluding tert-OH is 1. The zero-order valence-electron chi connectivity index (χ0n) is 19.2. The second kappa shape index (κ2) is 12.3. The molecule has 0 aromatic heterocycles. The molecule has 0 saturated carbocycles. The second-order valence-corrected chi connectivity index (χ2v) is 7.88. The maximum Gasteiger partial charge on any atom is 0.405 e. The molecule has 0 aliphatic rings. The Kier molecular flexibility index (Phi) is 8.97. The highest BCUT2D eigenvalue weighted by Crippen LogP contribution is 2.36. The first-order valence-electron chi connectivity index (χ1n) is 11.3. The van der Waals surface area contributed by atoms with Gasteiger partial charge in [-0.3, -0.25) is 9.59 Å². The van der Waals surface area contributed by atoms with Gasteiger partial charge >= 0.3 is 6.09 Å². The lowest BCUT2D eigenvalue weighted by Gasteiger charge is -2.37. The van der Waals surface area contributed by atoms with Gasteiger partial charge in [0.05, 0.1) is 6.61 Å². The maximum absolute atomic E-state index is 13.4. The normalized spacial score (nSPS) is 11.8. The van der Waals surface area contributed by atoms with Gasteiger partial charge in [0, 0.05) is 19.4 Å². The number of carbonyl (C=O) groups is 3. The van der Waals surface area contributed by atoms with Crippen LogP contribution >= 0.6 is 0 Å². The third-order valence-electron chi connectivity index (χ3n) is 5.54. The fourth-order valence-corrected chi connectivity index (χ4v) is 3.99. The molecule has 0 aliphatic carbocycles. The quantitative estimate of drug-likeness (QED) is 0.317. The van der Waals surface area contributed by atoms with Crippen molar-refractivity contribution in [2.24, 2.45) is 5.73 Å². The number of hydrogen-bond acceptors (Lipinski definition) is 5. The van der Waals surface area contributed by atoms with E-state index in [9.17, 15) is 14.4 Å². The molecule has 8 heteroatoms. The molecule has 3 amide bonds. The summed E-state index contributed by atoms with van der Waals surface area (Å²) in [5.41, 5.74) is 6.68. The number of ether oxygens (including phenoxy) is 1. The van der Waals surface area contributed by atoms with Gasteiger partial charge in [-0.2, -0.15) is 0 Å². The summed E-state index contributed by atoms with van der Waals surface area (Å²) >= 11 is 0. The Bertz CT molecular complexity index is 1010. The Hall–Kier alpha value is -4.17. The van der Waals surface area contributed by atoms with Crippen LogP contribution in [-0.2, 0) is 19.9 Å². The number of aliphatic hydroxyl groups is 1. The van der Waals surface area contributed by atoms with Crippen LogP contribution < -0.4 is 16.4 Å². The van der Waals surface area contributed by atoms with Crippen LogP contribution in [0.5, 0.6) is 0 Å². The first kappa shape index (κ1) is 25.5. The average molecular weight is 476 g/mol. The van der Waals surface area contributed by atoms with Crippen LogP contribution in [0.15, 0.2) is 91.0 Å². The smallest absolute Gasteiger partial charge is 0.405 e. The first-order valence-corrected chi connectivity index (χ1v) is 11.3. The fraction of sp³-hybridized carbons (Fsp3) is 0.222. The van der Waals surface area contributed by atoms with Crippen molar-refractivity contribution in [1.82, 2.24) is 10.6 Å². The molecular formula is C27H29N3O5. The number of rotatable bonds is 11. The zero-order chi connectivity index (χ0) is 25.1. The lowest BCUT2D eigenvalue weighted by molar-refractivity contribution is -0.130. The van der Waals surface area contributed by atoms with Crippen LogP contribution in [-0.4, -0.2) is 42.3 Å². The molecule has 8 nitrogen and oxygen atoms in total.